The van der Waals surface area contributed by atoms with Gasteiger partial charge in [-0.05, 0) is 36.8 Å². The second-order valence-electron chi connectivity index (χ2n) is 7.26. The molecule has 3 rings (SSSR count). The monoisotopic (exact) mass is 380 g/mol. The van der Waals surface area contributed by atoms with Crippen molar-refractivity contribution >= 4 is 23.4 Å². The van der Waals surface area contributed by atoms with Crippen molar-refractivity contribution in [1.29, 1.82) is 0 Å². The van der Waals surface area contributed by atoms with E-state index in [1.165, 1.54) is 18.5 Å². The molecule has 1 unspecified atom stereocenters. The highest BCUT2D eigenvalue weighted by Gasteiger charge is 2.33. The quantitative estimate of drug-likeness (QED) is 0.791. The van der Waals surface area contributed by atoms with Gasteiger partial charge in [0, 0.05) is 18.8 Å². The first kappa shape index (κ1) is 19.5. The number of nitrogens with two attached hydrogens (primary N) is 1. The van der Waals surface area contributed by atoms with Crippen LogP contribution in [0.5, 0.6) is 0 Å². The minimum atomic E-state index is -0.740. The summed E-state index contributed by atoms with van der Waals surface area (Å²) in [6.07, 6.45) is 5.27. The lowest BCUT2D eigenvalue weighted by Crippen LogP contribution is -2.51. The van der Waals surface area contributed by atoms with Crippen LogP contribution in [0.1, 0.15) is 35.7 Å². The van der Waals surface area contributed by atoms with E-state index >= 15 is 0 Å². The topological polar surface area (TPSA) is 105 Å². The molecule has 0 spiro atoms. The van der Waals surface area contributed by atoms with Gasteiger partial charge in [-0.2, -0.15) is 0 Å². The zero-order valence-corrected chi connectivity index (χ0v) is 15.8. The summed E-state index contributed by atoms with van der Waals surface area (Å²) in [6, 6.07) is 11.3. The minimum absolute atomic E-state index is 0.0214. The van der Waals surface area contributed by atoms with Crippen LogP contribution in [0.15, 0.2) is 48.8 Å². The molecule has 7 heteroatoms. The first-order valence-electron chi connectivity index (χ1n) is 9.34. The highest BCUT2D eigenvalue weighted by molar-refractivity contribution is 6.39. The van der Waals surface area contributed by atoms with Crippen molar-refractivity contribution in [2.24, 2.45) is 11.7 Å². The van der Waals surface area contributed by atoms with Gasteiger partial charge in [0.25, 0.3) is 0 Å². The first-order chi connectivity index (χ1) is 13.4. The van der Waals surface area contributed by atoms with Crippen LogP contribution in [0.25, 0.3) is 0 Å². The van der Waals surface area contributed by atoms with Crippen molar-refractivity contribution in [3.8, 4) is 0 Å². The van der Waals surface area contributed by atoms with Crippen LogP contribution in [-0.4, -0.2) is 40.2 Å². The number of hydrogen-bond donors (Lipinski definition) is 2. The summed E-state index contributed by atoms with van der Waals surface area (Å²) < 4.78 is 0. The molecular formula is C21H24N4O3. The molecule has 2 aromatic rings. The van der Waals surface area contributed by atoms with Crippen molar-refractivity contribution in [2.45, 2.75) is 32.2 Å². The Kier molecular flexibility index (Phi) is 6.03. The van der Waals surface area contributed by atoms with E-state index in [4.69, 9.17) is 5.73 Å². The fraction of sp³-hybridized carbons (Fsp3) is 0.333. The van der Waals surface area contributed by atoms with Crippen molar-refractivity contribution in [1.82, 2.24) is 9.88 Å². The summed E-state index contributed by atoms with van der Waals surface area (Å²) in [5.41, 5.74) is 6.80. The number of anilines is 1. The highest BCUT2D eigenvalue weighted by atomic mass is 16.2. The number of carbonyl (C=O) groups is 3. The molecule has 2 heterocycles. The summed E-state index contributed by atoms with van der Waals surface area (Å²) in [4.78, 5) is 42.2. The van der Waals surface area contributed by atoms with Gasteiger partial charge in [-0.25, -0.2) is 0 Å². The summed E-state index contributed by atoms with van der Waals surface area (Å²) >= 11 is 0. The molecule has 1 aromatic carbocycles. The Balaban J connectivity index is 1.72. The molecule has 2 atom stereocenters. The van der Waals surface area contributed by atoms with Crippen LogP contribution in [0.2, 0.25) is 0 Å². The zero-order valence-electron chi connectivity index (χ0n) is 15.8. The van der Waals surface area contributed by atoms with E-state index in [2.05, 4.69) is 17.2 Å². The minimum Gasteiger partial charge on any atom is -0.366 e. The lowest BCUT2D eigenvalue weighted by molar-refractivity contribution is -0.146. The fourth-order valence-corrected chi connectivity index (χ4v) is 3.51. The average Bonchev–Trinajstić information content (AvgIpc) is 2.69. The van der Waals surface area contributed by atoms with Crippen LogP contribution < -0.4 is 11.1 Å². The molecule has 1 saturated heterocycles. The summed E-state index contributed by atoms with van der Waals surface area (Å²) in [5, 5.41) is 2.53. The van der Waals surface area contributed by atoms with Crippen molar-refractivity contribution in [3.05, 3.63) is 59.9 Å². The van der Waals surface area contributed by atoms with Crippen molar-refractivity contribution in [3.63, 3.8) is 0 Å². The molecule has 1 aliphatic rings. The van der Waals surface area contributed by atoms with Gasteiger partial charge in [0.1, 0.15) is 0 Å². The molecular weight excluding hydrogens is 356 g/mol. The number of nitrogens with one attached hydrogen (secondary N) is 1. The zero-order chi connectivity index (χ0) is 20.1. The number of hydrogen-bond acceptors (Lipinski definition) is 4. The van der Waals surface area contributed by atoms with Gasteiger partial charge in [-0.1, -0.05) is 37.3 Å². The Morgan fingerprint density at radius 2 is 1.93 bits per heavy atom. The van der Waals surface area contributed by atoms with Crippen molar-refractivity contribution in [2.75, 3.05) is 11.9 Å². The number of amides is 3. The molecule has 3 amide bonds. The van der Waals surface area contributed by atoms with E-state index in [9.17, 15) is 14.4 Å². The van der Waals surface area contributed by atoms with Gasteiger partial charge >= 0.3 is 11.8 Å². The number of piperidine rings is 1. The van der Waals surface area contributed by atoms with Crippen LogP contribution in [0.4, 0.5) is 5.69 Å². The lowest BCUT2D eigenvalue weighted by atomic mass is 9.90. The lowest BCUT2D eigenvalue weighted by Gasteiger charge is -2.38. The maximum atomic E-state index is 12.9. The molecule has 0 aliphatic carbocycles. The molecule has 0 bridgehead atoms. The predicted molar refractivity (Wildman–Crippen MR) is 105 cm³/mol. The standard InChI is InChI=1S/C21H24N4O3/c1-14-7-8-18(9-15-5-3-2-4-6-15)25(13-14)21(28)20(27)24-17-10-16(19(22)26)11-23-12-17/h2-6,10-12,14,18H,7-9,13H2,1H3,(H2,22,26)(H,24,27)/t14-,18?/m1/s1. The molecule has 3 N–H and O–H groups in total. The summed E-state index contributed by atoms with van der Waals surface area (Å²) in [6.45, 7) is 2.63. The second kappa shape index (κ2) is 8.65. The third-order valence-corrected chi connectivity index (χ3v) is 4.99. The van der Waals surface area contributed by atoms with Crippen LogP contribution in [-0.2, 0) is 16.0 Å². The Morgan fingerprint density at radius 1 is 1.18 bits per heavy atom. The Hall–Kier alpha value is -3.22. The normalized spacial score (nSPS) is 19.1. The molecule has 1 aliphatic heterocycles. The molecule has 28 heavy (non-hydrogen) atoms. The third-order valence-electron chi connectivity index (χ3n) is 4.99. The Morgan fingerprint density at radius 3 is 2.64 bits per heavy atom. The summed E-state index contributed by atoms with van der Waals surface area (Å²) in [7, 11) is 0. The number of benzene rings is 1. The number of nitrogens with zero attached hydrogens (tertiary/aromatic N) is 2. The fourth-order valence-electron chi connectivity index (χ4n) is 3.51. The average molecular weight is 380 g/mol. The Labute approximate surface area is 163 Å². The molecule has 1 fully saturated rings. The second-order valence-corrected chi connectivity index (χ2v) is 7.26. The van der Waals surface area contributed by atoms with E-state index in [-0.39, 0.29) is 17.3 Å². The number of aromatic nitrogens is 1. The van der Waals surface area contributed by atoms with Crippen LogP contribution in [0, 0.1) is 5.92 Å². The highest BCUT2D eigenvalue weighted by Crippen LogP contribution is 2.25. The largest absolute Gasteiger partial charge is 0.366 e. The van der Waals surface area contributed by atoms with Crippen LogP contribution in [0.3, 0.4) is 0 Å². The predicted octanol–water partition coefficient (Wildman–Crippen LogP) is 1.99. The van der Waals surface area contributed by atoms with Gasteiger partial charge in [0.05, 0.1) is 17.4 Å². The van der Waals surface area contributed by atoms with Gasteiger partial charge in [-0.15, -0.1) is 0 Å². The number of likely N-dealkylation sites (tertiary alicyclic amines) is 1. The molecule has 0 saturated carbocycles. The molecule has 1 aromatic heterocycles. The maximum Gasteiger partial charge on any atom is 0.313 e. The van der Waals surface area contributed by atoms with Gasteiger partial charge in [-0.3, -0.25) is 19.4 Å². The van der Waals surface area contributed by atoms with E-state index in [0.717, 1.165) is 18.4 Å². The maximum absolute atomic E-state index is 12.9. The van der Waals surface area contributed by atoms with E-state index in [0.29, 0.717) is 18.9 Å². The number of pyridine rings is 1. The smallest absolute Gasteiger partial charge is 0.313 e. The number of primary amides is 1. The summed E-state index contributed by atoms with van der Waals surface area (Å²) in [5.74, 6) is -1.63. The molecule has 146 valence electrons. The van der Waals surface area contributed by atoms with E-state index < -0.39 is 17.7 Å². The van der Waals surface area contributed by atoms with E-state index in [1.807, 2.05) is 30.3 Å². The molecule has 7 nitrogen and oxygen atoms in total. The Bertz CT molecular complexity index is 869. The van der Waals surface area contributed by atoms with Gasteiger partial charge in [0.2, 0.25) is 5.91 Å². The number of carbonyl (C=O) groups excluding carboxylic acids is 3. The van der Waals surface area contributed by atoms with Crippen LogP contribution >= 0.6 is 0 Å². The van der Waals surface area contributed by atoms with Crippen molar-refractivity contribution < 1.29 is 14.4 Å². The van der Waals surface area contributed by atoms with Gasteiger partial charge in [0.15, 0.2) is 0 Å². The van der Waals surface area contributed by atoms with Gasteiger partial charge < -0.3 is 16.0 Å². The van der Waals surface area contributed by atoms with E-state index in [1.54, 1.807) is 4.90 Å². The first-order valence-corrected chi connectivity index (χ1v) is 9.34. The molecule has 0 radical (unpaired) electrons. The number of rotatable bonds is 4. The SMILES string of the molecule is C[C@@H]1CCC(Cc2ccccc2)N(C(=O)C(=O)Nc2cncc(C(N)=O)c2)C1. The third kappa shape index (κ3) is 4.73.